The van der Waals surface area contributed by atoms with Crippen LogP contribution in [-0.2, 0) is 14.8 Å². The number of ether oxygens (including phenoxy) is 1. The van der Waals surface area contributed by atoms with Gasteiger partial charge in [0.15, 0.2) is 0 Å². The van der Waals surface area contributed by atoms with E-state index in [0.29, 0.717) is 16.4 Å². The molecule has 8 heteroatoms. The summed E-state index contributed by atoms with van der Waals surface area (Å²) in [7, 11) is -2.25. The largest absolute Gasteiger partial charge is 0.382 e. The number of sulfonamides is 1. The second kappa shape index (κ2) is 5.58. The van der Waals surface area contributed by atoms with E-state index < -0.39 is 15.6 Å². The first-order valence-corrected chi connectivity index (χ1v) is 7.88. The number of rotatable bonds is 5. The van der Waals surface area contributed by atoms with E-state index in [-0.39, 0.29) is 10.8 Å². The third kappa shape index (κ3) is 4.27. The summed E-state index contributed by atoms with van der Waals surface area (Å²) in [5.41, 5.74) is -0.536. The highest BCUT2D eigenvalue weighted by molar-refractivity contribution is 7.89. The van der Waals surface area contributed by atoms with E-state index in [0.717, 1.165) is 11.3 Å². The molecule has 6 nitrogen and oxygen atoms in total. The lowest BCUT2D eigenvalue weighted by molar-refractivity contribution is 0.0823. The molecule has 0 spiro atoms. The van der Waals surface area contributed by atoms with E-state index in [1.165, 1.54) is 6.07 Å². The molecule has 1 rings (SSSR count). The topological polar surface area (TPSA) is 98.5 Å². The van der Waals surface area contributed by atoms with Crippen LogP contribution in [-0.4, -0.2) is 33.6 Å². The maximum absolute atomic E-state index is 12.0. The smallest absolute Gasteiger partial charge is 0.261 e. The summed E-state index contributed by atoms with van der Waals surface area (Å²) >= 11 is 1.10. The van der Waals surface area contributed by atoms with E-state index in [2.05, 4.69) is 5.32 Å². The molecule has 0 unspecified atom stereocenters. The monoisotopic (exact) mass is 306 g/mol. The van der Waals surface area contributed by atoms with Gasteiger partial charge in [-0.25, -0.2) is 13.6 Å². The summed E-state index contributed by atoms with van der Waals surface area (Å²) in [6.07, 6.45) is 0. The van der Waals surface area contributed by atoms with Crippen LogP contribution in [0.1, 0.15) is 28.4 Å². The van der Waals surface area contributed by atoms with Crippen LogP contribution >= 0.6 is 11.3 Å². The molecule has 0 aliphatic heterocycles. The third-order valence-corrected chi connectivity index (χ3v) is 4.58. The molecule has 1 aromatic heterocycles. The molecule has 1 aromatic rings. The van der Waals surface area contributed by atoms with Crippen molar-refractivity contribution in [2.24, 2.45) is 5.14 Å². The van der Waals surface area contributed by atoms with Crippen LogP contribution in [0.25, 0.3) is 0 Å². The lowest BCUT2D eigenvalue weighted by Crippen LogP contribution is -2.46. The first-order valence-electron chi connectivity index (χ1n) is 5.51. The van der Waals surface area contributed by atoms with E-state index in [1.54, 1.807) is 14.0 Å². The molecule has 19 heavy (non-hydrogen) atoms. The Hall–Kier alpha value is -0.960. The fourth-order valence-corrected chi connectivity index (χ4v) is 3.67. The molecule has 0 fully saturated rings. The van der Waals surface area contributed by atoms with Gasteiger partial charge in [-0.2, -0.15) is 0 Å². The highest BCUT2D eigenvalue weighted by Crippen LogP contribution is 2.25. The summed E-state index contributed by atoms with van der Waals surface area (Å²) in [6.45, 7) is 5.59. The van der Waals surface area contributed by atoms with Gasteiger partial charge in [-0.15, -0.1) is 11.3 Å². The first kappa shape index (κ1) is 16.1. The second-order valence-electron chi connectivity index (χ2n) is 4.85. The van der Waals surface area contributed by atoms with Crippen LogP contribution in [0.3, 0.4) is 0 Å². The van der Waals surface area contributed by atoms with Crippen molar-refractivity contribution in [1.29, 1.82) is 0 Å². The van der Waals surface area contributed by atoms with Gasteiger partial charge in [0, 0.05) is 12.0 Å². The maximum Gasteiger partial charge on any atom is 0.261 e. The predicted molar refractivity (Wildman–Crippen MR) is 73.9 cm³/mol. The van der Waals surface area contributed by atoms with Crippen LogP contribution in [0.15, 0.2) is 11.0 Å². The summed E-state index contributed by atoms with van der Waals surface area (Å²) in [5, 5.41) is 7.85. The molecular formula is C11H18N2O4S2. The molecule has 108 valence electrons. The van der Waals surface area contributed by atoms with Crippen molar-refractivity contribution in [3.05, 3.63) is 15.8 Å². The minimum Gasteiger partial charge on any atom is -0.382 e. The maximum atomic E-state index is 12.0. The standard InChI is InChI=1S/C11H18N2O4S2/c1-7-9(19(12,15)16)5-8(18-7)10(14)13-11(2,3)6-17-4/h5H,6H2,1-4H3,(H,13,14)(H2,12,15,16). The van der Waals surface area contributed by atoms with Crippen LogP contribution in [0.4, 0.5) is 0 Å². The highest BCUT2D eigenvalue weighted by atomic mass is 32.2. The van der Waals surface area contributed by atoms with Crippen molar-refractivity contribution in [1.82, 2.24) is 5.32 Å². The average Bonchev–Trinajstić information content (AvgIpc) is 2.58. The summed E-state index contributed by atoms with van der Waals surface area (Å²) < 4.78 is 27.6. The number of thiophene rings is 1. The van der Waals surface area contributed by atoms with Gasteiger partial charge in [-0.3, -0.25) is 4.79 Å². The molecule has 0 bridgehead atoms. The van der Waals surface area contributed by atoms with Crippen LogP contribution in [0.5, 0.6) is 0 Å². The SMILES string of the molecule is COCC(C)(C)NC(=O)c1cc(S(N)(=O)=O)c(C)s1. The van der Waals surface area contributed by atoms with Gasteiger partial charge in [0.25, 0.3) is 5.91 Å². The van der Waals surface area contributed by atoms with Gasteiger partial charge >= 0.3 is 0 Å². The molecular weight excluding hydrogens is 288 g/mol. The lowest BCUT2D eigenvalue weighted by Gasteiger charge is -2.24. The zero-order chi connectivity index (χ0) is 14.8. The Labute approximate surface area is 117 Å². The van der Waals surface area contributed by atoms with Crippen LogP contribution in [0.2, 0.25) is 0 Å². The van der Waals surface area contributed by atoms with E-state index >= 15 is 0 Å². The average molecular weight is 306 g/mol. The van der Waals surface area contributed by atoms with Crippen molar-refractivity contribution in [2.75, 3.05) is 13.7 Å². The molecule has 3 N–H and O–H groups in total. The molecule has 0 saturated carbocycles. The third-order valence-electron chi connectivity index (χ3n) is 2.36. The van der Waals surface area contributed by atoms with Crippen molar-refractivity contribution in [3.63, 3.8) is 0 Å². The number of carbonyl (C=O) groups excluding carboxylic acids is 1. The highest BCUT2D eigenvalue weighted by Gasteiger charge is 2.24. The molecule has 0 atom stereocenters. The Morgan fingerprint density at radius 3 is 2.53 bits per heavy atom. The zero-order valence-electron chi connectivity index (χ0n) is 11.3. The minimum atomic E-state index is -3.79. The molecule has 0 radical (unpaired) electrons. The van der Waals surface area contributed by atoms with Crippen LogP contribution < -0.4 is 10.5 Å². The van der Waals surface area contributed by atoms with Gasteiger partial charge in [0.2, 0.25) is 10.0 Å². The van der Waals surface area contributed by atoms with E-state index in [9.17, 15) is 13.2 Å². The van der Waals surface area contributed by atoms with Gasteiger partial charge in [0.1, 0.15) is 0 Å². The number of hydrogen-bond donors (Lipinski definition) is 2. The quantitative estimate of drug-likeness (QED) is 0.843. The number of amides is 1. The number of hydrogen-bond acceptors (Lipinski definition) is 5. The molecule has 0 aliphatic carbocycles. The molecule has 1 heterocycles. The Bertz CT molecular complexity index is 576. The molecule has 0 aromatic carbocycles. The summed E-state index contributed by atoms with van der Waals surface area (Å²) in [6, 6.07) is 1.30. The Kier molecular flexibility index (Phi) is 4.72. The van der Waals surface area contributed by atoms with Gasteiger partial charge < -0.3 is 10.1 Å². The number of nitrogens with one attached hydrogen (secondary N) is 1. The number of carbonyl (C=O) groups is 1. The fourth-order valence-electron chi connectivity index (χ4n) is 1.63. The Morgan fingerprint density at radius 2 is 2.11 bits per heavy atom. The zero-order valence-corrected chi connectivity index (χ0v) is 12.9. The second-order valence-corrected chi connectivity index (χ2v) is 7.63. The lowest BCUT2D eigenvalue weighted by atomic mass is 10.1. The van der Waals surface area contributed by atoms with Crippen LogP contribution in [0, 0.1) is 6.92 Å². The van der Waals surface area contributed by atoms with Gasteiger partial charge in [-0.05, 0) is 26.8 Å². The fraction of sp³-hybridized carbons (Fsp3) is 0.545. The number of nitrogens with two attached hydrogens (primary N) is 1. The number of primary sulfonamides is 1. The minimum absolute atomic E-state index is 0.00722. The molecule has 0 saturated heterocycles. The van der Waals surface area contributed by atoms with Crippen molar-refractivity contribution in [2.45, 2.75) is 31.2 Å². The Balaban J connectivity index is 2.97. The molecule has 0 aliphatic rings. The number of methoxy groups -OCH3 is 1. The first-order chi connectivity index (χ1) is 8.57. The number of aryl methyl sites for hydroxylation is 1. The van der Waals surface area contributed by atoms with Crippen molar-refractivity contribution in [3.8, 4) is 0 Å². The van der Waals surface area contributed by atoms with E-state index in [4.69, 9.17) is 9.88 Å². The van der Waals surface area contributed by atoms with E-state index in [1.807, 2.05) is 13.8 Å². The van der Waals surface area contributed by atoms with Gasteiger partial charge in [-0.1, -0.05) is 0 Å². The Morgan fingerprint density at radius 1 is 1.53 bits per heavy atom. The van der Waals surface area contributed by atoms with Crippen molar-refractivity contribution >= 4 is 27.3 Å². The van der Waals surface area contributed by atoms with Crippen molar-refractivity contribution < 1.29 is 17.9 Å². The summed E-state index contributed by atoms with van der Waals surface area (Å²) in [5.74, 6) is -0.343. The molecule has 1 amide bonds. The normalized spacial score (nSPS) is 12.5. The predicted octanol–water partition coefficient (Wildman–Crippen LogP) is 0.859. The van der Waals surface area contributed by atoms with Gasteiger partial charge in [0.05, 0.1) is 21.9 Å². The summed E-state index contributed by atoms with van der Waals surface area (Å²) in [4.78, 5) is 12.8.